The van der Waals surface area contributed by atoms with Crippen LogP contribution in [0.2, 0.25) is 0 Å². The van der Waals surface area contributed by atoms with Gasteiger partial charge in [0.2, 0.25) is 0 Å². The van der Waals surface area contributed by atoms with E-state index in [0.717, 1.165) is 24.3 Å². The van der Waals surface area contributed by atoms with Crippen molar-refractivity contribution in [3.8, 4) is 11.8 Å². The van der Waals surface area contributed by atoms with Crippen LogP contribution in [0.25, 0.3) is 0 Å². The van der Waals surface area contributed by atoms with Gasteiger partial charge in [0, 0.05) is 6.54 Å². The van der Waals surface area contributed by atoms with Gasteiger partial charge in [-0.2, -0.15) is 5.26 Å². The number of aryl methyl sites for hydroxylation is 1. The van der Waals surface area contributed by atoms with Gasteiger partial charge in [0.25, 0.3) is 0 Å². The summed E-state index contributed by atoms with van der Waals surface area (Å²) in [6, 6.07) is 13.3. The minimum Gasteiger partial charge on any atom is -0.496 e. The van der Waals surface area contributed by atoms with E-state index in [1.165, 1.54) is 5.56 Å². The van der Waals surface area contributed by atoms with Gasteiger partial charge in [-0.05, 0) is 80.6 Å². The number of carbonyl (C=O) groups excluding carboxylic acids is 1. The first kappa shape index (κ1) is 27.3. The Morgan fingerprint density at radius 2 is 1.85 bits per heavy atom. The number of nitriles is 1. The third kappa shape index (κ3) is 6.57. The summed E-state index contributed by atoms with van der Waals surface area (Å²) < 4.78 is 10.6. The number of benzene rings is 2. The van der Waals surface area contributed by atoms with Crippen LogP contribution in [0.15, 0.2) is 36.4 Å². The SMILES string of the molecule is CCOC(=O)C(C#N)(CCCN(C)CCc1ccc(OC)c(C)c1)c1ccc(CO)c(CO)c1. The van der Waals surface area contributed by atoms with Crippen LogP contribution in [0.3, 0.4) is 0 Å². The molecule has 2 aromatic rings. The molecule has 0 aliphatic heterocycles. The molecule has 0 aromatic heterocycles. The molecule has 2 rings (SSSR count). The van der Waals surface area contributed by atoms with E-state index in [1.54, 1.807) is 32.2 Å². The first-order chi connectivity index (χ1) is 16.3. The first-order valence-electron chi connectivity index (χ1n) is 11.6. The second-order valence-corrected chi connectivity index (χ2v) is 8.50. The lowest BCUT2D eigenvalue weighted by Crippen LogP contribution is -2.37. The highest BCUT2D eigenvalue weighted by Crippen LogP contribution is 2.32. The Kier molecular flexibility index (Phi) is 10.5. The number of likely N-dealkylation sites (N-methyl/N-ethyl adjacent to an activating group) is 1. The van der Waals surface area contributed by atoms with Crippen molar-refractivity contribution in [3.05, 3.63) is 64.2 Å². The van der Waals surface area contributed by atoms with Gasteiger partial charge >= 0.3 is 5.97 Å². The molecule has 7 nitrogen and oxygen atoms in total. The molecule has 34 heavy (non-hydrogen) atoms. The Hall–Kier alpha value is -2.92. The number of carbonyl (C=O) groups is 1. The maximum Gasteiger partial charge on any atom is 0.331 e. The van der Waals surface area contributed by atoms with Gasteiger partial charge in [0.1, 0.15) is 5.75 Å². The number of hydrogen-bond acceptors (Lipinski definition) is 7. The fourth-order valence-electron chi connectivity index (χ4n) is 4.12. The molecule has 184 valence electrons. The van der Waals surface area contributed by atoms with Crippen molar-refractivity contribution < 1.29 is 24.5 Å². The zero-order valence-corrected chi connectivity index (χ0v) is 20.6. The van der Waals surface area contributed by atoms with Gasteiger partial charge in [0.05, 0.1) is 33.0 Å². The van der Waals surface area contributed by atoms with Crippen LogP contribution in [0.5, 0.6) is 5.75 Å². The Labute approximate surface area is 202 Å². The molecule has 0 fully saturated rings. The van der Waals surface area contributed by atoms with Crippen molar-refractivity contribution in [2.75, 3.05) is 33.9 Å². The molecule has 0 spiro atoms. The van der Waals surface area contributed by atoms with Crippen LogP contribution < -0.4 is 4.74 Å². The van der Waals surface area contributed by atoms with E-state index in [2.05, 4.69) is 23.1 Å². The topological polar surface area (TPSA) is 103 Å². The van der Waals surface area contributed by atoms with Crippen molar-refractivity contribution in [2.45, 2.75) is 51.7 Å². The monoisotopic (exact) mass is 468 g/mol. The van der Waals surface area contributed by atoms with E-state index in [1.807, 2.05) is 20.0 Å². The Morgan fingerprint density at radius 1 is 1.12 bits per heavy atom. The van der Waals surface area contributed by atoms with Gasteiger partial charge in [-0.25, -0.2) is 4.79 Å². The molecule has 2 N–H and O–H groups in total. The van der Waals surface area contributed by atoms with Crippen molar-refractivity contribution in [2.24, 2.45) is 0 Å². The van der Waals surface area contributed by atoms with Gasteiger partial charge in [-0.15, -0.1) is 0 Å². The molecule has 0 amide bonds. The molecule has 0 heterocycles. The third-order valence-corrected chi connectivity index (χ3v) is 6.19. The molecular weight excluding hydrogens is 432 g/mol. The fourth-order valence-corrected chi connectivity index (χ4v) is 4.12. The minimum atomic E-state index is -1.47. The van der Waals surface area contributed by atoms with Crippen LogP contribution >= 0.6 is 0 Å². The Bertz CT molecular complexity index is 1000. The summed E-state index contributed by atoms with van der Waals surface area (Å²) >= 11 is 0. The lowest BCUT2D eigenvalue weighted by molar-refractivity contribution is -0.148. The summed E-state index contributed by atoms with van der Waals surface area (Å²) in [5, 5.41) is 29.3. The molecule has 0 aliphatic carbocycles. The van der Waals surface area contributed by atoms with Gasteiger partial charge in [-0.3, -0.25) is 0 Å². The Balaban J connectivity index is 2.10. The average Bonchev–Trinajstić information content (AvgIpc) is 2.85. The summed E-state index contributed by atoms with van der Waals surface area (Å²) in [6.07, 6.45) is 1.78. The van der Waals surface area contributed by atoms with Crippen LogP contribution in [0.1, 0.15) is 47.6 Å². The number of aliphatic hydroxyl groups is 2. The lowest BCUT2D eigenvalue weighted by Gasteiger charge is -2.27. The second-order valence-electron chi connectivity index (χ2n) is 8.50. The molecule has 0 aliphatic rings. The molecule has 1 unspecified atom stereocenters. The van der Waals surface area contributed by atoms with Crippen LogP contribution in [-0.4, -0.2) is 54.9 Å². The molecule has 0 saturated heterocycles. The average molecular weight is 469 g/mol. The van der Waals surface area contributed by atoms with Gasteiger partial charge in [-0.1, -0.05) is 30.3 Å². The number of nitrogens with zero attached hydrogens (tertiary/aromatic N) is 2. The summed E-state index contributed by atoms with van der Waals surface area (Å²) in [6.45, 7) is 4.94. The van der Waals surface area contributed by atoms with Gasteiger partial charge in [0.15, 0.2) is 5.41 Å². The normalized spacial score (nSPS) is 12.8. The van der Waals surface area contributed by atoms with Crippen molar-refractivity contribution in [1.29, 1.82) is 5.26 Å². The predicted molar refractivity (Wildman–Crippen MR) is 130 cm³/mol. The molecule has 1 atom stereocenters. The van der Waals surface area contributed by atoms with E-state index in [-0.39, 0.29) is 26.2 Å². The number of ether oxygens (including phenoxy) is 2. The highest BCUT2D eigenvalue weighted by molar-refractivity contribution is 5.87. The van der Waals surface area contributed by atoms with Crippen LogP contribution in [0, 0.1) is 18.3 Å². The maximum absolute atomic E-state index is 12.9. The molecule has 0 saturated carbocycles. The van der Waals surface area contributed by atoms with E-state index < -0.39 is 11.4 Å². The molecule has 2 aromatic carbocycles. The zero-order chi connectivity index (χ0) is 25.1. The molecule has 0 radical (unpaired) electrons. The zero-order valence-electron chi connectivity index (χ0n) is 20.6. The van der Waals surface area contributed by atoms with Crippen molar-refractivity contribution in [3.63, 3.8) is 0 Å². The van der Waals surface area contributed by atoms with Gasteiger partial charge < -0.3 is 24.6 Å². The quantitative estimate of drug-likeness (QED) is 0.435. The number of aliphatic hydroxyl groups excluding tert-OH is 2. The van der Waals surface area contributed by atoms with Crippen LogP contribution in [0.4, 0.5) is 0 Å². The highest BCUT2D eigenvalue weighted by Gasteiger charge is 2.42. The van der Waals surface area contributed by atoms with E-state index in [0.29, 0.717) is 29.7 Å². The fraction of sp³-hybridized carbons (Fsp3) is 0.481. The molecule has 7 heteroatoms. The summed E-state index contributed by atoms with van der Waals surface area (Å²) in [4.78, 5) is 15.1. The smallest absolute Gasteiger partial charge is 0.331 e. The lowest BCUT2D eigenvalue weighted by atomic mass is 9.77. The standard InChI is InChI=1S/C27H36N2O5/c1-5-34-26(32)27(19-28,24-9-8-22(17-30)23(16-24)18-31)12-6-13-29(3)14-11-21-7-10-25(33-4)20(2)15-21/h7-10,15-16,30-31H,5-6,11-14,17-18H2,1-4H3. The minimum absolute atomic E-state index is 0.172. The Morgan fingerprint density at radius 3 is 2.44 bits per heavy atom. The molecule has 0 bridgehead atoms. The predicted octanol–water partition coefficient (Wildman–Crippen LogP) is 3.27. The second kappa shape index (κ2) is 13.1. The highest BCUT2D eigenvalue weighted by atomic mass is 16.5. The number of methoxy groups -OCH3 is 1. The molecular formula is C27H36N2O5. The summed E-state index contributed by atoms with van der Waals surface area (Å²) in [5.41, 5.74) is 2.40. The van der Waals surface area contributed by atoms with Crippen LogP contribution in [-0.2, 0) is 34.6 Å². The van der Waals surface area contributed by atoms with E-state index in [4.69, 9.17) is 9.47 Å². The maximum atomic E-state index is 12.9. The third-order valence-electron chi connectivity index (χ3n) is 6.19. The van der Waals surface area contributed by atoms with Crippen molar-refractivity contribution >= 4 is 5.97 Å². The van der Waals surface area contributed by atoms with E-state index in [9.17, 15) is 20.3 Å². The number of rotatable bonds is 13. The summed E-state index contributed by atoms with van der Waals surface area (Å²) in [7, 11) is 3.69. The van der Waals surface area contributed by atoms with Crippen molar-refractivity contribution in [1.82, 2.24) is 4.90 Å². The first-order valence-corrected chi connectivity index (χ1v) is 11.6. The van der Waals surface area contributed by atoms with E-state index >= 15 is 0 Å². The summed E-state index contributed by atoms with van der Waals surface area (Å²) in [5.74, 6) is 0.287. The number of hydrogen-bond donors (Lipinski definition) is 2. The largest absolute Gasteiger partial charge is 0.496 e. The number of esters is 1.